The highest BCUT2D eigenvalue weighted by molar-refractivity contribution is 8.00. The van der Waals surface area contributed by atoms with Crippen LogP contribution in [0.4, 0.5) is 5.69 Å². The molecule has 0 radical (unpaired) electrons. The molecule has 0 bridgehead atoms. The van der Waals surface area contributed by atoms with Crippen molar-refractivity contribution < 1.29 is 9.53 Å². The minimum Gasteiger partial charge on any atom is -0.380 e. The van der Waals surface area contributed by atoms with Gasteiger partial charge in [0.25, 0.3) is 0 Å². The molecule has 23 heavy (non-hydrogen) atoms. The fraction of sp³-hybridized carbons (Fsp3) is 0.278. The first-order valence-electron chi connectivity index (χ1n) is 7.43. The molecule has 1 atom stereocenters. The predicted molar refractivity (Wildman–Crippen MR) is 97.2 cm³/mol. The Hall–Kier alpha value is -1.49. The molecule has 0 saturated heterocycles. The van der Waals surface area contributed by atoms with Crippen LogP contribution < -0.4 is 5.32 Å². The van der Waals surface area contributed by atoms with Crippen LogP contribution in [0.15, 0.2) is 53.4 Å². The number of anilines is 1. The van der Waals surface area contributed by atoms with Gasteiger partial charge >= 0.3 is 0 Å². The number of methoxy groups -OCH3 is 1. The summed E-state index contributed by atoms with van der Waals surface area (Å²) < 4.78 is 5.12. The second kappa shape index (κ2) is 8.96. The number of ether oxygens (including phenoxy) is 1. The van der Waals surface area contributed by atoms with Crippen molar-refractivity contribution in [1.82, 2.24) is 0 Å². The van der Waals surface area contributed by atoms with E-state index in [1.54, 1.807) is 18.9 Å². The average molecular weight is 350 g/mol. The molecule has 122 valence electrons. The Kier molecular flexibility index (Phi) is 6.96. The van der Waals surface area contributed by atoms with Gasteiger partial charge in [-0.1, -0.05) is 30.7 Å². The van der Waals surface area contributed by atoms with Crippen molar-refractivity contribution in [3.63, 3.8) is 0 Å². The summed E-state index contributed by atoms with van der Waals surface area (Å²) in [4.78, 5) is 13.5. The Morgan fingerprint density at radius 3 is 2.65 bits per heavy atom. The summed E-state index contributed by atoms with van der Waals surface area (Å²) in [5.74, 6) is 0.00187. The van der Waals surface area contributed by atoms with E-state index < -0.39 is 0 Å². The molecule has 3 nitrogen and oxygen atoms in total. The first-order valence-corrected chi connectivity index (χ1v) is 8.69. The molecule has 1 amide bonds. The van der Waals surface area contributed by atoms with Gasteiger partial charge in [-0.05, 0) is 48.4 Å². The molecule has 1 N–H and O–H groups in total. The highest BCUT2D eigenvalue weighted by atomic mass is 35.5. The van der Waals surface area contributed by atoms with Crippen molar-refractivity contribution in [2.24, 2.45) is 0 Å². The second-order valence-electron chi connectivity index (χ2n) is 5.09. The maximum atomic E-state index is 12.5. The highest BCUT2D eigenvalue weighted by Gasteiger charge is 2.18. The third-order valence-electron chi connectivity index (χ3n) is 3.26. The van der Waals surface area contributed by atoms with Crippen LogP contribution in [0.5, 0.6) is 0 Å². The van der Waals surface area contributed by atoms with E-state index in [1.807, 2.05) is 55.5 Å². The van der Waals surface area contributed by atoms with Gasteiger partial charge in [-0.2, -0.15) is 0 Å². The molecular formula is C18H20ClNO2S. The zero-order chi connectivity index (χ0) is 16.7. The molecule has 2 aromatic rings. The molecule has 0 unspecified atom stereocenters. The summed E-state index contributed by atoms with van der Waals surface area (Å²) in [6.45, 7) is 2.54. The van der Waals surface area contributed by atoms with Crippen LogP contribution in [-0.2, 0) is 16.1 Å². The molecular weight excluding hydrogens is 330 g/mol. The lowest BCUT2D eigenvalue weighted by Crippen LogP contribution is -2.24. The topological polar surface area (TPSA) is 38.3 Å². The maximum Gasteiger partial charge on any atom is 0.237 e. The van der Waals surface area contributed by atoms with E-state index >= 15 is 0 Å². The highest BCUT2D eigenvalue weighted by Crippen LogP contribution is 2.27. The quantitative estimate of drug-likeness (QED) is 0.715. The van der Waals surface area contributed by atoms with Gasteiger partial charge in [0.2, 0.25) is 5.91 Å². The number of nitrogens with one attached hydrogen (secondary N) is 1. The van der Waals surface area contributed by atoms with Gasteiger partial charge in [0, 0.05) is 22.7 Å². The van der Waals surface area contributed by atoms with E-state index in [0.717, 1.165) is 22.6 Å². The number of halogens is 1. The zero-order valence-corrected chi connectivity index (χ0v) is 14.8. The van der Waals surface area contributed by atoms with E-state index in [2.05, 4.69) is 5.32 Å². The molecule has 2 rings (SSSR count). The molecule has 0 spiro atoms. The molecule has 2 aromatic carbocycles. The Morgan fingerprint density at radius 1 is 1.26 bits per heavy atom. The molecule has 0 aliphatic heterocycles. The largest absolute Gasteiger partial charge is 0.380 e. The fourth-order valence-corrected chi connectivity index (χ4v) is 3.21. The van der Waals surface area contributed by atoms with E-state index in [4.69, 9.17) is 16.3 Å². The van der Waals surface area contributed by atoms with Crippen LogP contribution in [-0.4, -0.2) is 18.3 Å². The van der Waals surface area contributed by atoms with Gasteiger partial charge in [-0.3, -0.25) is 4.79 Å². The Morgan fingerprint density at radius 2 is 2.00 bits per heavy atom. The average Bonchev–Trinajstić information content (AvgIpc) is 2.55. The van der Waals surface area contributed by atoms with E-state index in [1.165, 1.54) is 0 Å². The van der Waals surface area contributed by atoms with Crippen molar-refractivity contribution in [2.45, 2.75) is 30.1 Å². The first kappa shape index (κ1) is 17.9. The van der Waals surface area contributed by atoms with E-state index in [-0.39, 0.29) is 11.2 Å². The van der Waals surface area contributed by atoms with Crippen molar-refractivity contribution in [3.8, 4) is 0 Å². The molecule has 0 fully saturated rings. The number of amides is 1. The number of rotatable bonds is 7. The molecule has 0 aromatic heterocycles. The van der Waals surface area contributed by atoms with Gasteiger partial charge in [0.1, 0.15) is 0 Å². The van der Waals surface area contributed by atoms with Crippen molar-refractivity contribution in [3.05, 3.63) is 59.1 Å². The van der Waals surface area contributed by atoms with Crippen molar-refractivity contribution in [2.75, 3.05) is 12.4 Å². The number of carbonyl (C=O) groups excluding carboxylic acids is 1. The van der Waals surface area contributed by atoms with Gasteiger partial charge in [0.15, 0.2) is 0 Å². The Labute approximate surface area is 146 Å². The van der Waals surface area contributed by atoms with Crippen molar-refractivity contribution >= 4 is 35.0 Å². The predicted octanol–water partition coefficient (Wildman–Crippen LogP) is 5.00. The first-order chi connectivity index (χ1) is 11.1. The standard InChI is InChI=1S/C18H20ClNO2S/c1-3-17(23-16-9-7-14(19)8-10-16)18(21)20-15-6-4-5-13(11-15)12-22-2/h4-11,17H,3,12H2,1-2H3,(H,20,21)/t17-/m1/s1. The van der Waals surface area contributed by atoms with Crippen LogP contribution in [0, 0.1) is 0 Å². The Bertz CT molecular complexity index is 646. The summed E-state index contributed by atoms with van der Waals surface area (Å²) in [6, 6.07) is 15.2. The second-order valence-corrected chi connectivity index (χ2v) is 6.80. The number of hydrogen-bond donors (Lipinski definition) is 1. The van der Waals surface area contributed by atoms with Gasteiger partial charge < -0.3 is 10.1 Å². The summed E-state index contributed by atoms with van der Waals surface area (Å²) >= 11 is 7.44. The van der Waals surface area contributed by atoms with Crippen LogP contribution >= 0.6 is 23.4 Å². The minimum absolute atomic E-state index is 0.00187. The third kappa shape index (κ3) is 5.57. The smallest absolute Gasteiger partial charge is 0.237 e. The molecule has 5 heteroatoms. The van der Waals surface area contributed by atoms with Crippen LogP contribution in [0.1, 0.15) is 18.9 Å². The molecule has 0 aliphatic carbocycles. The zero-order valence-electron chi connectivity index (χ0n) is 13.2. The maximum absolute atomic E-state index is 12.5. The fourth-order valence-electron chi connectivity index (χ4n) is 2.13. The summed E-state index contributed by atoms with van der Waals surface area (Å²) in [6.07, 6.45) is 0.747. The van der Waals surface area contributed by atoms with Gasteiger partial charge in [-0.25, -0.2) is 0 Å². The van der Waals surface area contributed by atoms with E-state index in [0.29, 0.717) is 11.6 Å². The lowest BCUT2D eigenvalue weighted by atomic mass is 10.2. The molecule has 0 heterocycles. The minimum atomic E-state index is -0.151. The van der Waals surface area contributed by atoms with Crippen LogP contribution in [0.25, 0.3) is 0 Å². The molecule has 0 saturated carbocycles. The monoisotopic (exact) mass is 349 g/mol. The lowest BCUT2D eigenvalue weighted by molar-refractivity contribution is -0.115. The number of hydrogen-bond acceptors (Lipinski definition) is 3. The normalized spacial score (nSPS) is 12.0. The Balaban J connectivity index is 2.02. The molecule has 0 aliphatic rings. The number of thioether (sulfide) groups is 1. The van der Waals surface area contributed by atoms with Crippen LogP contribution in [0.2, 0.25) is 5.02 Å². The summed E-state index contributed by atoms with van der Waals surface area (Å²) in [5.41, 5.74) is 1.82. The third-order valence-corrected chi connectivity index (χ3v) is 4.89. The van der Waals surface area contributed by atoms with E-state index in [9.17, 15) is 4.79 Å². The SMILES string of the molecule is CC[C@@H](Sc1ccc(Cl)cc1)C(=O)Nc1cccc(COC)c1. The summed E-state index contributed by atoms with van der Waals surface area (Å²) in [7, 11) is 1.65. The summed E-state index contributed by atoms with van der Waals surface area (Å²) in [5, 5.41) is 3.53. The lowest BCUT2D eigenvalue weighted by Gasteiger charge is -2.15. The number of carbonyl (C=O) groups is 1. The van der Waals surface area contributed by atoms with Gasteiger partial charge in [0.05, 0.1) is 11.9 Å². The number of benzene rings is 2. The van der Waals surface area contributed by atoms with Crippen LogP contribution in [0.3, 0.4) is 0 Å². The van der Waals surface area contributed by atoms with Gasteiger partial charge in [-0.15, -0.1) is 11.8 Å². The van der Waals surface area contributed by atoms with Crippen molar-refractivity contribution in [1.29, 1.82) is 0 Å².